The fourth-order valence-corrected chi connectivity index (χ4v) is 0. The predicted molar refractivity (Wildman–Crippen MR) is 27.5 cm³/mol. The molecule has 0 aromatic carbocycles. The second-order valence-electron chi connectivity index (χ2n) is 0. The molecular formula is H4AlBaSiSr. The largest absolute Gasteiger partial charge is 2.00 e. The quantitative estimate of drug-likeness (QED) is 0.497. The van der Waals surface area contributed by atoms with Crippen molar-refractivity contribution in [2.75, 3.05) is 0 Å². The number of rotatable bonds is 0. The average Bonchev–Trinajstić information content (AvgIpc) is 0. The van der Waals surface area contributed by atoms with Gasteiger partial charge in [0, 0.05) is 28.3 Å². The minimum absolute atomic E-state index is 0. The Labute approximate surface area is 125 Å². The second-order valence-corrected chi connectivity index (χ2v) is 0. The monoisotopic (exact) mass is 285 g/mol. The molecule has 15 valence electrons. The van der Waals surface area contributed by atoms with E-state index in [1.165, 1.54) is 0 Å². The Hall–Kier alpha value is 3.80. The van der Waals surface area contributed by atoms with Crippen LogP contribution in [0.2, 0.25) is 0 Å². The molecule has 4 heteroatoms. The van der Waals surface area contributed by atoms with E-state index < -0.39 is 0 Å². The fourth-order valence-electron chi connectivity index (χ4n) is 0. The van der Waals surface area contributed by atoms with Crippen LogP contribution in [0.25, 0.3) is 0 Å². The molecule has 0 aliphatic rings. The maximum absolute atomic E-state index is 0. The minimum atomic E-state index is 0. The average molecular weight is 284 g/mol. The van der Waals surface area contributed by atoms with E-state index in [0.717, 1.165) is 0 Å². The first-order valence-corrected chi connectivity index (χ1v) is 0. The molecule has 0 unspecified atom stereocenters. The number of hydrogen-bond acceptors (Lipinski definition) is 0. The number of hydrogen-bond donors (Lipinski definition) is 0. The summed E-state index contributed by atoms with van der Waals surface area (Å²) in [4.78, 5) is 0. The van der Waals surface area contributed by atoms with Crippen LogP contribution in [0.5, 0.6) is 0 Å². The van der Waals surface area contributed by atoms with Gasteiger partial charge in [0.05, 0.1) is 0 Å². The van der Waals surface area contributed by atoms with Gasteiger partial charge in [0.25, 0.3) is 0 Å². The molecule has 0 saturated heterocycles. The molecule has 0 fully saturated rings. The van der Waals surface area contributed by atoms with Crippen molar-refractivity contribution in [2.24, 2.45) is 0 Å². The fraction of sp³-hybridized carbons (Fsp3) is 0. The van der Waals surface area contributed by atoms with Crippen molar-refractivity contribution in [1.82, 2.24) is 0 Å². The molecule has 0 saturated carbocycles. The van der Waals surface area contributed by atoms with Gasteiger partial charge in [-0.1, -0.05) is 0 Å². The Balaban J connectivity index is 0. The van der Waals surface area contributed by atoms with Gasteiger partial charge in [-0.05, 0) is 0 Å². The summed E-state index contributed by atoms with van der Waals surface area (Å²) in [7, 11) is 0. The van der Waals surface area contributed by atoms with Gasteiger partial charge in [0.1, 0.15) is 0 Å². The van der Waals surface area contributed by atoms with Crippen LogP contribution in [-0.4, -0.2) is 123 Å². The first kappa shape index (κ1) is 25.0. The molecule has 4 heavy (non-hydrogen) atoms. The molecule has 0 rings (SSSR count). The van der Waals surface area contributed by atoms with Crippen molar-refractivity contribution in [3.8, 4) is 0 Å². The van der Waals surface area contributed by atoms with E-state index in [9.17, 15) is 0 Å². The normalized spacial score (nSPS) is 0. The molecule has 0 aromatic rings. The molecule has 0 aromatic heterocycles. The molecule has 0 aliphatic heterocycles. The Morgan fingerprint density at radius 2 is 1.25 bits per heavy atom. The molecule has 0 atom stereocenters. The van der Waals surface area contributed by atoms with Crippen LogP contribution in [0.1, 0.15) is 5.71 Å². The Morgan fingerprint density at radius 1 is 1.25 bits per heavy atom. The summed E-state index contributed by atoms with van der Waals surface area (Å²) in [6, 6.07) is 0. The van der Waals surface area contributed by atoms with Crippen LogP contribution in [0, 0.1) is 0 Å². The van der Waals surface area contributed by atoms with Crippen molar-refractivity contribution >= 4 is 123 Å². The van der Waals surface area contributed by atoms with Crippen LogP contribution in [0.3, 0.4) is 0 Å². The third-order valence-corrected chi connectivity index (χ3v) is 0. The van der Waals surface area contributed by atoms with E-state index in [1.807, 2.05) is 0 Å². The maximum Gasteiger partial charge on any atom is 2.00 e. The topological polar surface area (TPSA) is 0 Å². The second kappa shape index (κ2) is 15.8. The Morgan fingerprint density at radius 3 is 1.25 bits per heavy atom. The van der Waals surface area contributed by atoms with E-state index in [1.54, 1.807) is 0 Å². The maximum atomic E-state index is 0. The predicted octanol–water partition coefficient (Wildman–Crippen LogP) is -1.07. The molecule has 0 aliphatic carbocycles. The SMILES string of the molecule is [Al].[Ba+2].[H-].[H-].[H-].[H-].[Si].[Sr+2]. The van der Waals surface area contributed by atoms with Gasteiger partial charge in [-0.15, -0.1) is 0 Å². The summed E-state index contributed by atoms with van der Waals surface area (Å²) >= 11 is 0. The Bertz CT molecular complexity index is 16.0. The standard InChI is InChI=1S/Al.Ba.Si.Sr.4H/q;+2;;+2;4*-1. The molecule has 0 nitrogen and oxygen atoms in total. The van der Waals surface area contributed by atoms with E-state index >= 15 is 0 Å². The van der Waals surface area contributed by atoms with Crippen LogP contribution in [0.4, 0.5) is 0 Å². The first-order valence-electron chi connectivity index (χ1n) is 0. The van der Waals surface area contributed by atoms with Gasteiger partial charge in [-0.3, -0.25) is 0 Å². The summed E-state index contributed by atoms with van der Waals surface area (Å²) < 4.78 is 0. The first-order chi connectivity index (χ1) is 0. The van der Waals surface area contributed by atoms with Crippen molar-refractivity contribution < 1.29 is 5.71 Å². The summed E-state index contributed by atoms with van der Waals surface area (Å²) in [5.41, 5.74) is 0. The van der Waals surface area contributed by atoms with Crippen LogP contribution in [0.15, 0.2) is 0 Å². The zero-order valence-corrected chi connectivity index (χ0v) is 12.6. The van der Waals surface area contributed by atoms with E-state index in [2.05, 4.69) is 0 Å². The van der Waals surface area contributed by atoms with E-state index in [4.69, 9.17) is 0 Å². The van der Waals surface area contributed by atoms with E-state index in [0.29, 0.717) is 0 Å². The Kier molecular flexibility index (Phi) is 98.9. The van der Waals surface area contributed by atoms with Crippen LogP contribution in [-0.2, 0) is 0 Å². The van der Waals surface area contributed by atoms with Gasteiger partial charge < -0.3 is 5.71 Å². The van der Waals surface area contributed by atoms with Crippen LogP contribution >= 0.6 is 0 Å². The minimum Gasteiger partial charge on any atom is -1.00 e. The molecule has 0 amide bonds. The van der Waals surface area contributed by atoms with E-state index in [-0.39, 0.29) is 128 Å². The van der Waals surface area contributed by atoms with Crippen LogP contribution < -0.4 is 0 Å². The molecule has 0 N–H and O–H groups in total. The van der Waals surface area contributed by atoms with Crippen molar-refractivity contribution in [3.63, 3.8) is 0 Å². The van der Waals surface area contributed by atoms with Gasteiger partial charge >= 0.3 is 94.4 Å². The summed E-state index contributed by atoms with van der Waals surface area (Å²) in [6.45, 7) is 0. The smallest absolute Gasteiger partial charge is 1.00 e. The third-order valence-electron chi connectivity index (χ3n) is 0. The third kappa shape index (κ3) is 9.26. The zero-order valence-electron chi connectivity index (χ0n) is 6.49. The molecular weight excluding hydrogens is 280 g/mol. The molecule has 0 spiro atoms. The molecule has 0 bridgehead atoms. The van der Waals surface area contributed by atoms with Crippen molar-refractivity contribution in [1.29, 1.82) is 0 Å². The summed E-state index contributed by atoms with van der Waals surface area (Å²) in [6.07, 6.45) is 0. The summed E-state index contributed by atoms with van der Waals surface area (Å²) in [5.74, 6) is 0. The van der Waals surface area contributed by atoms with Gasteiger partial charge in [0.2, 0.25) is 0 Å². The van der Waals surface area contributed by atoms with Gasteiger partial charge in [-0.2, -0.15) is 0 Å². The van der Waals surface area contributed by atoms with Crippen molar-refractivity contribution in [3.05, 3.63) is 0 Å². The van der Waals surface area contributed by atoms with Gasteiger partial charge in [-0.25, -0.2) is 0 Å². The molecule has 7 radical (unpaired) electrons. The van der Waals surface area contributed by atoms with Gasteiger partial charge in [0.15, 0.2) is 0 Å². The molecule has 0 heterocycles. The summed E-state index contributed by atoms with van der Waals surface area (Å²) in [5, 5.41) is 0. The zero-order chi connectivity index (χ0) is 0. The van der Waals surface area contributed by atoms with Crippen molar-refractivity contribution in [2.45, 2.75) is 0 Å².